The fraction of sp³-hybridized carbons (Fsp3) is 0.353. The Morgan fingerprint density at radius 3 is 2.77 bits per heavy atom. The Hall–Kier alpha value is -2.43. The van der Waals surface area contributed by atoms with Gasteiger partial charge < -0.3 is 9.90 Å². The molecule has 0 N–H and O–H groups in total. The molecular formula is C17H14NO4-. The van der Waals surface area contributed by atoms with E-state index >= 15 is 0 Å². The summed E-state index contributed by atoms with van der Waals surface area (Å²) in [7, 11) is 0. The second-order valence-electron chi connectivity index (χ2n) is 6.47. The molecule has 0 radical (unpaired) electrons. The van der Waals surface area contributed by atoms with Crippen molar-refractivity contribution in [1.29, 1.82) is 0 Å². The number of rotatable bonds is 2. The predicted octanol–water partition coefficient (Wildman–Crippen LogP) is 0.752. The number of nitrogens with zero attached hydrogens (tertiary/aromatic N) is 1. The first-order valence-corrected chi connectivity index (χ1v) is 7.32. The normalized spacial score (nSPS) is 35.3. The van der Waals surface area contributed by atoms with Gasteiger partial charge in [0, 0.05) is 0 Å². The van der Waals surface area contributed by atoms with Gasteiger partial charge >= 0.3 is 0 Å². The molecule has 4 atom stereocenters. The van der Waals surface area contributed by atoms with Crippen molar-refractivity contribution in [2.45, 2.75) is 13.3 Å². The van der Waals surface area contributed by atoms with Crippen LogP contribution in [0.5, 0.6) is 0 Å². The van der Waals surface area contributed by atoms with Crippen LogP contribution in [0.25, 0.3) is 0 Å². The number of hydrogen-bond acceptors (Lipinski definition) is 4. The van der Waals surface area contributed by atoms with Crippen molar-refractivity contribution in [1.82, 2.24) is 0 Å². The molecule has 22 heavy (non-hydrogen) atoms. The molecule has 2 amide bonds. The number of anilines is 1. The van der Waals surface area contributed by atoms with Crippen molar-refractivity contribution in [3.63, 3.8) is 0 Å². The van der Waals surface area contributed by atoms with Gasteiger partial charge in [-0.15, -0.1) is 0 Å². The lowest BCUT2D eigenvalue weighted by Crippen LogP contribution is -2.37. The molecular weight excluding hydrogens is 282 g/mol. The van der Waals surface area contributed by atoms with E-state index in [9.17, 15) is 19.5 Å². The molecule has 1 saturated carbocycles. The van der Waals surface area contributed by atoms with E-state index in [4.69, 9.17) is 0 Å². The highest BCUT2D eigenvalue weighted by atomic mass is 16.4. The van der Waals surface area contributed by atoms with Crippen LogP contribution in [0.2, 0.25) is 0 Å². The minimum atomic E-state index is -1.32. The van der Waals surface area contributed by atoms with E-state index in [1.807, 2.05) is 19.1 Å². The highest BCUT2D eigenvalue weighted by Crippen LogP contribution is 2.60. The van der Waals surface area contributed by atoms with Gasteiger partial charge in [0.1, 0.15) is 0 Å². The SMILES string of the molecule is C[C@]12C(=O)N(c3cccc(C(=O)[O-])c3)C(=O)[C@@H]1[C@@H]1C=C[C@@H]2C1. The molecule has 1 aromatic carbocycles. The summed E-state index contributed by atoms with van der Waals surface area (Å²) in [5.41, 5.74) is -0.429. The second-order valence-corrected chi connectivity index (χ2v) is 6.47. The standard InChI is InChI=1S/C17H15NO4/c1-17-11-6-5-9(7-11)13(17)14(19)18(16(17)22)12-4-2-3-10(8-12)15(20)21/h2-6,8-9,11,13H,7H2,1H3,(H,20,21)/p-1/t9-,11-,13+,17-/m1/s1. The van der Waals surface area contributed by atoms with Crippen LogP contribution in [0.1, 0.15) is 23.7 Å². The summed E-state index contributed by atoms with van der Waals surface area (Å²) in [6, 6.07) is 5.81. The van der Waals surface area contributed by atoms with E-state index < -0.39 is 11.4 Å². The van der Waals surface area contributed by atoms with Gasteiger partial charge in [-0.2, -0.15) is 0 Å². The van der Waals surface area contributed by atoms with Gasteiger partial charge in [0.15, 0.2) is 0 Å². The summed E-state index contributed by atoms with van der Waals surface area (Å²) in [6.45, 7) is 1.86. The molecule has 1 aliphatic heterocycles. The Morgan fingerprint density at radius 1 is 1.32 bits per heavy atom. The zero-order valence-electron chi connectivity index (χ0n) is 12.0. The van der Waals surface area contributed by atoms with Crippen LogP contribution in [0.4, 0.5) is 5.69 Å². The fourth-order valence-corrected chi connectivity index (χ4v) is 4.32. The Bertz CT molecular complexity index is 753. The van der Waals surface area contributed by atoms with Gasteiger partial charge in [0.2, 0.25) is 11.8 Å². The molecule has 1 saturated heterocycles. The van der Waals surface area contributed by atoms with Crippen LogP contribution < -0.4 is 10.0 Å². The lowest BCUT2D eigenvalue weighted by atomic mass is 9.71. The minimum Gasteiger partial charge on any atom is -0.545 e. The first-order chi connectivity index (χ1) is 10.4. The second kappa shape index (κ2) is 4.06. The third-order valence-corrected chi connectivity index (χ3v) is 5.45. The molecule has 4 rings (SSSR count). The van der Waals surface area contributed by atoms with E-state index in [-0.39, 0.29) is 35.1 Å². The van der Waals surface area contributed by atoms with E-state index in [2.05, 4.69) is 0 Å². The van der Waals surface area contributed by atoms with Crippen molar-refractivity contribution in [3.8, 4) is 0 Å². The number of hydrogen-bond donors (Lipinski definition) is 0. The Balaban J connectivity index is 1.79. The lowest BCUT2D eigenvalue weighted by molar-refractivity contribution is -0.255. The average molecular weight is 296 g/mol. The Kier molecular flexibility index (Phi) is 2.45. The maximum absolute atomic E-state index is 12.9. The fourth-order valence-electron chi connectivity index (χ4n) is 4.32. The van der Waals surface area contributed by atoms with Gasteiger partial charge in [-0.1, -0.05) is 24.3 Å². The van der Waals surface area contributed by atoms with Crippen molar-refractivity contribution in [3.05, 3.63) is 42.0 Å². The molecule has 3 aliphatic rings. The number of carbonyl (C=O) groups excluding carboxylic acids is 3. The molecule has 112 valence electrons. The summed E-state index contributed by atoms with van der Waals surface area (Å²) < 4.78 is 0. The minimum absolute atomic E-state index is 0.0404. The molecule has 0 spiro atoms. The van der Waals surface area contributed by atoms with Gasteiger partial charge in [-0.3, -0.25) is 9.59 Å². The highest BCUT2D eigenvalue weighted by Gasteiger charge is 2.67. The summed E-state index contributed by atoms with van der Waals surface area (Å²) in [5, 5.41) is 11.0. The molecule has 2 bridgehead atoms. The number of carboxylic acid groups (broad SMARTS) is 1. The van der Waals surface area contributed by atoms with Crippen molar-refractivity contribution in [2.75, 3.05) is 4.90 Å². The molecule has 1 heterocycles. The number of aromatic carboxylic acids is 1. The van der Waals surface area contributed by atoms with Crippen LogP contribution in [-0.2, 0) is 9.59 Å². The smallest absolute Gasteiger partial charge is 0.241 e. The lowest BCUT2D eigenvalue weighted by Gasteiger charge is -2.28. The van der Waals surface area contributed by atoms with Crippen LogP contribution >= 0.6 is 0 Å². The number of allylic oxidation sites excluding steroid dienone is 2. The number of imide groups is 1. The third-order valence-electron chi connectivity index (χ3n) is 5.45. The number of carbonyl (C=O) groups is 3. The van der Waals surface area contributed by atoms with Gasteiger partial charge in [0.25, 0.3) is 0 Å². The van der Waals surface area contributed by atoms with Crippen molar-refractivity contribution < 1.29 is 19.5 Å². The quantitative estimate of drug-likeness (QED) is 0.596. The third kappa shape index (κ3) is 1.41. The van der Waals surface area contributed by atoms with Crippen LogP contribution in [-0.4, -0.2) is 17.8 Å². The largest absolute Gasteiger partial charge is 0.545 e. The van der Waals surface area contributed by atoms with Crippen LogP contribution in [0.3, 0.4) is 0 Å². The maximum Gasteiger partial charge on any atom is 0.241 e. The molecule has 2 aliphatic carbocycles. The zero-order valence-corrected chi connectivity index (χ0v) is 12.0. The molecule has 0 unspecified atom stereocenters. The number of benzene rings is 1. The number of carboxylic acids is 1. The van der Waals surface area contributed by atoms with E-state index in [1.165, 1.54) is 18.2 Å². The van der Waals surface area contributed by atoms with Crippen LogP contribution in [0, 0.1) is 23.2 Å². The summed E-state index contributed by atoms with van der Waals surface area (Å²) in [4.78, 5) is 37.8. The summed E-state index contributed by atoms with van der Waals surface area (Å²) >= 11 is 0. The molecule has 0 aromatic heterocycles. The first kappa shape index (κ1) is 13.2. The van der Waals surface area contributed by atoms with Crippen LogP contribution in [0.15, 0.2) is 36.4 Å². The summed E-state index contributed by atoms with van der Waals surface area (Å²) in [5.74, 6) is -1.90. The summed E-state index contributed by atoms with van der Waals surface area (Å²) in [6.07, 6.45) is 4.92. The monoisotopic (exact) mass is 296 g/mol. The average Bonchev–Trinajstić information content (AvgIpc) is 3.12. The van der Waals surface area contributed by atoms with Gasteiger partial charge in [0.05, 0.1) is 23.0 Å². The predicted molar refractivity (Wildman–Crippen MR) is 75.6 cm³/mol. The molecule has 5 nitrogen and oxygen atoms in total. The highest BCUT2D eigenvalue weighted by molar-refractivity contribution is 6.24. The zero-order chi connectivity index (χ0) is 15.6. The maximum atomic E-state index is 12.9. The Labute approximate surface area is 127 Å². The topological polar surface area (TPSA) is 77.5 Å². The molecule has 5 heteroatoms. The number of amides is 2. The number of fused-ring (bicyclic) bond motifs is 5. The Morgan fingerprint density at radius 2 is 2.09 bits per heavy atom. The first-order valence-electron chi connectivity index (χ1n) is 7.32. The van der Waals surface area contributed by atoms with Gasteiger partial charge in [-0.25, -0.2) is 4.90 Å². The van der Waals surface area contributed by atoms with E-state index in [1.54, 1.807) is 6.07 Å². The van der Waals surface area contributed by atoms with Crippen molar-refractivity contribution >= 4 is 23.5 Å². The van der Waals surface area contributed by atoms with Crippen molar-refractivity contribution in [2.24, 2.45) is 23.2 Å². The van der Waals surface area contributed by atoms with Gasteiger partial charge in [-0.05, 0) is 42.9 Å². The van der Waals surface area contributed by atoms with E-state index in [0.717, 1.165) is 11.3 Å². The molecule has 2 fully saturated rings. The van der Waals surface area contributed by atoms with E-state index in [0.29, 0.717) is 5.69 Å². The molecule has 1 aromatic rings.